The summed E-state index contributed by atoms with van der Waals surface area (Å²) in [6.45, 7) is 2.31. The van der Waals surface area contributed by atoms with Crippen LogP contribution in [0, 0.1) is 0 Å². The van der Waals surface area contributed by atoms with Crippen molar-refractivity contribution in [2.45, 2.75) is 6.04 Å². The maximum atomic E-state index is 12.7. The Hall–Kier alpha value is -3.97. The number of hydrogen-bond acceptors (Lipinski definition) is 6. The van der Waals surface area contributed by atoms with E-state index in [9.17, 15) is 4.79 Å². The van der Waals surface area contributed by atoms with Gasteiger partial charge in [-0.15, -0.1) is 0 Å². The first-order chi connectivity index (χ1) is 16.1. The van der Waals surface area contributed by atoms with E-state index in [4.69, 9.17) is 10.7 Å². The van der Waals surface area contributed by atoms with Gasteiger partial charge in [-0.1, -0.05) is 36.4 Å². The molecule has 5 rings (SSSR count). The van der Waals surface area contributed by atoms with Crippen LogP contribution >= 0.6 is 0 Å². The third kappa shape index (κ3) is 4.36. The molecule has 2 aromatic carbocycles. The lowest BCUT2D eigenvalue weighted by atomic mass is 9.99. The number of nitrogens with two attached hydrogens (primary N) is 1. The highest BCUT2D eigenvalue weighted by Gasteiger charge is 2.24. The van der Waals surface area contributed by atoms with Crippen molar-refractivity contribution in [1.82, 2.24) is 19.9 Å². The van der Waals surface area contributed by atoms with Crippen LogP contribution in [-0.4, -0.2) is 34.2 Å². The number of piperazine rings is 1. The Labute approximate surface area is 192 Å². The molecule has 1 fully saturated rings. The van der Waals surface area contributed by atoms with Crippen LogP contribution in [-0.2, 0) is 7.05 Å². The van der Waals surface area contributed by atoms with Gasteiger partial charge in [0.1, 0.15) is 0 Å². The van der Waals surface area contributed by atoms with E-state index in [0.717, 1.165) is 42.0 Å². The van der Waals surface area contributed by atoms with Crippen molar-refractivity contribution < 1.29 is 0 Å². The summed E-state index contributed by atoms with van der Waals surface area (Å²) in [5, 5.41) is 3.60. The Morgan fingerprint density at radius 2 is 1.61 bits per heavy atom. The molecule has 0 unspecified atom stereocenters. The Bertz CT molecular complexity index is 1300. The predicted octanol–water partition coefficient (Wildman–Crippen LogP) is 3.24. The van der Waals surface area contributed by atoms with Gasteiger partial charge in [-0.3, -0.25) is 14.3 Å². The van der Waals surface area contributed by atoms with Crippen LogP contribution in [0.25, 0.3) is 22.4 Å². The number of anilines is 2. The van der Waals surface area contributed by atoms with Gasteiger partial charge in [-0.05, 0) is 41.0 Å². The monoisotopic (exact) mass is 438 g/mol. The van der Waals surface area contributed by atoms with E-state index < -0.39 is 0 Å². The maximum Gasteiger partial charge on any atom is 0.255 e. The number of nitrogens with one attached hydrogen (secondary N) is 1. The molecule has 0 spiro atoms. The minimum Gasteiger partial charge on any atom is -0.399 e. The zero-order valence-corrected chi connectivity index (χ0v) is 18.5. The Morgan fingerprint density at radius 3 is 2.30 bits per heavy atom. The first kappa shape index (κ1) is 20.9. The lowest BCUT2D eigenvalue weighted by Crippen LogP contribution is -2.47. The van der Waals surface area contributed by atoms with E-state index in [2.05, 4.69) is 39.5 Å². The van der Waals surface area contributed by atoms with Gasteiger partial charge in [0.05, 0.1) is 5.69 Å². The summed E-state index contributed by atoms with van der Waals surface area (Å²) in [6.07, 6.45) is 3.42. The molecule has 166 valence electrons. The lowest BCUT2D eigenvalue weighted by molar-refractivity contribution is 0.462. The lowest BCUT2D eigenvalue weighted by Gasteiger charge is -2.35. The number of aromatic nitrogens is 3. The second-order valence-corrected chi connectivity index (χ2v) is 8.27. The average molecular weight is 439 g/mol. The summed E-state index contributed by atoms with van der Waals surface area (Å²) in [4.78, 5) is 23.8. The van der Waals surface area contributed by atoms with Gasteiger partial charge in [-0.2, -0.15) is 0 Å². The standard InChI is InChI=1S/C26H26N6O/c1-31-25(33)16-23(21-10-12-28-13-11-21)30-26(31)32-15-14-29-24(17-32)20-4-2-18(3-5-20)19-6-8-22(27)9-7-19/h2-13,16,24,29H,14-15,17,27H2,1H3/t24-/m1/s1. The third-order valence-electron chi connectivity index (χ3n) is 6.10. The van der Waals surface area contributed by atoms with Crippen LogP contribution in [0.15, 0.2) is 83.9 Å². The summed E-state index contributed by atoms with van der Waals surface area (Å²) in [5.74, 6) is 0.680. The van der Waals surface area contributed by atoms with Crippen LogP contribution in [0.1, 0.15) is 11.6 Å². The quantitative estimate of drug-likeness (QED) is 0.476. The average Bonchev–Trinajstić information content (AvgIpc) is 2.87. The Balaban J connectivity index is 1.39. The molecule has 0 amide bonds. The molecule has 2 aromatic heterocycles. The smallest absolute Gasteiger partial charge is 0.255 e. The molecule has 3 N–H and O–H groups in total. The number of nitrogens with zero attached hydrogens (tertiary/aromatic N) is 4. The van der Waals surface area contributed by atoms with E-state index in [1.54, 1.807) is 30.1 Å². The molecule has 4 aromatic rings. The highest BCUT2D eigenvalue weighted by Crippen LogP contribution is 2.26. The van der Waals surface area contributed by atoms with Crippen molar-refractivity contribution in [3.8, 4) is 22.4 Å². The second-order valence-electron chi connectivity index (χ2n) is 8.27. The van der Waals surface area contributed by atoms with Crippen LogP contribution < -0.4 is 21.5 Å². The van der Waals surface area contributed by atoms with E-state index in [-0.39, 0.29) is 11.6 Å². The van der Waals surface area contributed by atoms with Crippen molar-refractivity contribution in [3.05, 3.63) is 95.0 Å². The molecule has 33 heavy (non-hydrogen) atoms. The summed E-state index contributed by atoms with van der Waals surface area (Å²) in [7, 11) is 1.78. The molecule has 0 saturated carbocycles. The molecule has 1 aliphatic rings. The third-order valence-corrected chi connectivity index (χ3v) is 6.10. The van der Waals surface area contributed by atoms with Crippen molar-refractivity contribution in [3.63, 3.8) is 0 Å². The molecule has 7 nitrogen and oxygen atoms in total. The summed E-state index contributed by atoms with van der Waals surface area (Å²) in [6, 6.07) is 22.0. The molecule has 1 aliphatic heterocycles. The predicted molar refractivity (Wildman–Crippen MR) is 132 cm³/mol. The number of hydrogen-bond donors (Lipinski definition) is 2. The summed E-state index contributed by atoms with van der Waals surface area (Å²) < 4.78 is 1.62. The van der Waals surface area contributed by atoms with E-state index in [1.165, 1.54) is 5.56 Å². The van der Waals surface area contributed by atoms with E-state index in [1.807, 2.05) is 36.4 Å². The zero-order chi connectivity index (χ0) is 22.8. The van der Waals surface area contributed by atoms with E-state index in [0.29, 0.717) is 11.6 Å². The molecular formula is C26H26N6O. The van der Waals surface area contributed by atoms with Crippen molar-refractivity contribution in [2.75, 3.05) is 30.3 Å². The molecule has 3 heterocycles. The van der Waals surface area contributed by atoms with Crippen molar-refractivity contribution >= 4 is 11.6 Å². The van der Waals surface area contributed by atoms with Crippen molar-refractivity contribution in [1.29, 1.82) is 0 Å². The maximum absolute atomic E-state index is 12.7. The molecule has 0 aliphatic carbocycles. The zero-order valence-electron chi connectivity index (χ0n) is 18.5. The van der Waals surface area contributed by atoms with Crippen LogP contribution in [0.5, 0.6) is 0 Å². The fourth-order valence-corrected chi connectivity index (χ4v) is 4.22. The molecule has 0 radical (unpaired) electrons. The fraction of sp³-hybridized carbons (Fsp3) is 0.192. The SMILES string of the molecule is Cn1c(N2CCN[C@@H](c3ccc(-c4ccc(N)cc4)cc3)C2)nc(-c2ccncc2)cc1=O. The van der Waals surface area contributed by atoms with Gasteiger partial charge in [0, 0.05) is 62.4 Å². The molecule has 0 bridgehead atoms. The first-order valence-corrected chi connectivity index (χ1v) is 11.0. The number of pyridine rings is 1. The van der Waals surface area contributed by atoms with E-state index >= 15 is 0 Å². The molecule has 1 saturated heterocycles. The Morgan fingerprint density at radius 1 is 0.939 bits per heavy atom. The van der Waals surface area contributed by atoms with Gasteiger partial charge in [0.25, 0.3) is 5.56 Å². The highest BCUT2D eigenvalue weighted by molar-refractivity contribution is 5.66. The number of benzene rings is 2. The first-order valence-electron chi connectivity index (χ1n) is 11.0. The number of nitrogen functional groups attached to an aromatic ring is 1. The van der Waals surface area contributed by atoms with Crippen LogP contribution in [0.2, 0.25) is 0 Å². The molecule has 1 atom stereocenters. The van der Waals surface area contributed by atoms with Gasteiger partial charge in [0.15, 0.2) is 0 Å². The topological polar surface area (TPSA) is 89.1 Å². The highest BCUT2D eigenvalue weighted by atomic mass is 16.1. The van der Waals surface area contributed by atoms with Gasteiger partial charge in [0.2, 0.25) is 5.95 Å². The van der Waals surface area contributed by atoms with Gasteiger partial charge < -0.3 is 16.0 Å². The molecular weight excluding hydrogens is 412 g/mol. The second kappa shape index (κ2) is 8.88. The minimum absolute atomic E-state index is 0.0743. The summed E-state index contributed by atoms with van der Waals surface area (Å²) >= 11 is 0. The summed E-state index contributed by atoms with van der Waals surface area (Å²) in [5.41, 5.74) is 11.5. The minimum atomic E-state index is -0.0743. The normalized spacial score (nSPS) is 16.0. The largest absolute Gasteiger partial charge is 0.399 e. The van der Waals surface area contributed by atoms with Gasteiger partial charge in [-0.25, -0.2) is 4.98 Å². The van der Waals surface area contributed by atoms with Crippen molar-refractivity contribution in [2.24, 2.45) is 7.05 Å². The fourth-order valence-electron chi connectivity index (χ4n) is 4.22. The van der Waals surface area contributed by atoms with Crippen LogP contribution in [0.3, 0.4) is 0 Å². The molecule has 7 heteroatoms. The Kier molecular flexibility index (Phi) is 5.62. The van der Waals surface area contributed by atoms with Gasteiger partial charge >= 0.3 is 0 Å². The number of rotatable bonds is 4. The van der Waals surface area contributed by atoms with Crippen LogP contribution in [0.4, 0.5) is 11.6 Å².